The van der Waals surface area contributed by atoms with Crippen LogP contribution in [0.4, 0.5) is 14.5 Å². The third-order valence-electron chi connectivity index (χ3n) is 2.25. The number of carbonyl (C=O) groups excluding carboxylic acids is 1. The average Bonchev–Trinajstić information content (AvgIpc) is 2.36. The highest BCUT2D eigenvalue weighted by Crippen LogP contribution is 2.24. The van der Waals surface area contributed by atoms with E-state index >= 15 is 0 Å². The molecular weight excluding hydrogens is 341 g/mol. The first kappa shape index (κ1) is 13.9. The molecule has 0 atom stereocenters. The summed E-state index contributed by atoms with van der Waals surface area (Å²) in [5, 5.41) is 2.47. The molecule has 0 aliphatic carbocycles. The first-order valence-electron chi connectivity index (χ1n) is 5.05. The Morgan fingerprint density at radius 3 is 2.68 bits per heavy atom. The normalized spacial score (nSPS) is 10.3. The van der Waals surface area contributed by atoms with Crippen molar-refractivity contribution < 1.29 is 13.6 Å². The lowest BCUT2D eigenvalue weighted by atomic mass is 10.2. The molecule has 0 unspecified atom stereocenters. The van der Waals surface area contributed by atoms with Crippen LogP contribution in [-0.2, 0) is 0 Å². The molecule has 3 nitrogen and oxygen atoms in total. The lowest BCUT2D eigenvalue weighted by Crippen LogP contribution is -2.13. The minimum atomic E-state index is -0.866. The lowest BCUT2D eigenvalue weighted by Gasteiger charge is -2.07. The number of nitrogens with zero attached hydrogens (tertiary/aromatic N) is 1. The number of aromatic nitrogens is 1. The van der Waals surface area contributed by atoms with Gasteiger partial charge < -0.3 is 5.32 Å². The molecule has 1 N–H and O–H groups in total. The highest BCUT2D eigenvalue weighted by atomic mass is 79.9. The molecule has 98 valence electrons. The predicted octanol–water partition coefficient (Wildman–Crippen LogP) is 4.03. The molecule has 0 saturated heterocycles. The van der Waals surface area contributed by atoms with E-state index < -0.39 is 17.5 Å². The number of carbonyl (C=O) groups is 1. The van der Waals surface area contributed by atoms with Gasteiger partial charge >= 0.3 is 0 Å². The maximum Gasteiger partial charge on any atom is 0.255 e. The second kappa shape index (κ2) is 5.63. The van der Waals surface area contributed by atoms with Gasteiger partial charge in [0.2, 0.25) is 0 Å². The molecule has 1 aromatic heterocycles. The molecule has 0 aliphatic heterocycles. The topological polar surface area (TPSA) is 42.0 Å². The van der Waals surface area contributed by atoms with Gasteiger partial charge in [0.1, 0.15) is 16.8 Å². The molecule has 2 rings (SSSR count). The van der Waals surface area contributed by atoms with Crippen LogP contribution < -0.4 is 5.32 Å². The summed E-state index contributed by atoms with van der Waals surface area (Å²) in [6.07, 6.45) is 1.36. The molecular formula is C12H6BrClF2N2O. The van der Waals surface area contributed by atoms with Crippen molar-refractivity contribution in [3.8, 4) is 0 Å². The molecule has 0 saturated carbocycles. The van der Waals surface area contributed by atoms with Gasteiger partial charge in [-0.2, -0.15) is 0 Å². The fourth-order valence-electron chi connectivity index (χ4n) is 1.36. The van der Waals surface area contributed by atoms with E-state index in [1.54, 1.807) is 0 Å². The molecule has 0 aliphatic rings. The smallest absolute Gasteiger partial charge is 0.255 e. The number of anilines is 1. The molecule has 19 heavy (non-hydrogen) atoms. The van der Waals surface area contributed by atoms with Crippen molar-refractivity contribution in [3.05, 3.63) is 57.3 Å². The van der Waals surface area contributed by atoms with Crippen LogP contribution in [0.2, 0.25) is 5.15 Å². The molecule has 0 spiro atoms. The van der Waals surface area contributed by atoms with Crippen LogP contribution in [0.5, 0.6) is 0 Å². The van der Waals surface area contributed by atoms with Crippen molar-refractivity contribution in [2.45, 2.75) is 0 Å². The molecule has 2 aromatic rings. The summed E-state index contributed by atoms with van der Waals surface area (Å²) in [5.41, 5.74) is 0.0889. The SMILES string of the molecule is O=C(Nc1cc(Br)c(F)cc1F)c1ccnc(Cl)c1. The van der Waals surface area contributed by atoms with Crippen molar-refractivity contribution in [2.24, 2.45) is 0 Å². The largest absolute Gasteiger partial charge is 0.319 e. The van der Waals surface area contributed by atoms with Gasteiger partial charge in [-0.05, 0) is 34.1 Å². The van der Waals surface area contributed by atoms with Crippen LogP contribution in [0.15, 0.2) is 34.9 Å². The summed E-state index contributed by atoms with van der Waals surface area (Å²) in [7, 11) is 0. The lowest BCUT2D eigenvalue weighted by molar-refractivity contribution is 0.102. The Kier molecular flexibility index (Phi) is 4.11. The Morgan fingerprint density at radius 1 is 1.26 bits per heavy atom. The maximum absolute atomic E-state index is 13.5. The van der Waals surface area contributed by atoms with E-state index in [4.69, 9.17) is 11.6 Å². The quantitative estimate of drug-likeness (QED) is 0.658. The van der Waals surface area contributed by atoms with E-state index in [9.17, 15) is 13.6 Å². The number of benzene rings is 1. The van der Waals surface area contributed by atoms with Gasteiger partial charge in [0.05, 0.1) is 10.2 Å². The molecule has 0 radical (unpaired) electrons. The van der Waals surface area contributed by atoms with Crippen molar-refractivity contribution in [2.75, 3.05) is 5.32 Å². The zero-order chi connectivity index (χ0) is 14.0. The minimum absolute atomic E-state index is 0.0527. The standard InChI is InChI=1S/C12H6BrClF2N2O/c13-7-4-10(9(16)5-8(7)15)18-12(19)6-1-2-17-11(14)3-6/h1-5H,(H,18,19). The summed E-state index contributed by atoms with van der Waals surface area (Å²) in [6, 6.07) is 4.59. The molecule has 7 heteroatoms. The summed E-state index contributed by atoms with van der Waals surface area (Å²) in [5.74, 6) is -2.18. The highest BCUT2D eigenvalue weighted by Gasteiger charge is 2.12. The van der Waals surface area contributed by atoms with Crippen molar-refractivity contribution in [1.82, 2.24) is 4.98 Å². The average molecular weight is 348 g/mol. The molecule has 1 heterocycles. The predicted molar refractivity (Wildman–Crippen MR) is 71.3 cm³/mol. The van der Waals surface area contributed by atoms with Gasteiger partial charge in [0.15, 0.2) is 0 Å². The zero-order valence-electron chi connectivity index (χ0n) is 9.25. The van der Waals surface area contributed by atoms with Crippen LogP contribution in [0, 0.1) is 11.6 Å². The van der Waals surface area contributed by atoms with Crippen LogP contribution in [0.3, 0.4) is 0 Å². The van der Waals surface area contributed by atoms with Crippen molar-refractivity contribution in [3.63, 3.8) is 0 Å². The summed E-state index contributed by atoms with van der Waals surface area (Å²) >= 11 is 8.56. The number of halogens is 4. The fourth-order valence-corrected chi connectivity index (χ4v) is 1.87. The van der Waals surface area contributed by atoms with E-state index in [2.05, 4.69) is 26.2 Å². The highest BCUT2D eigenvalue weighted by molar-refractivity contribution is 9.10. The molecule has 1 amide bonds. The van der Waals surface area contributed by atoms with Gasteiger partial charge in [-0.1, -0.05) is 11.6 Å². The Balaban J connectivity index is 2.27. The number of nitrogens with one attached hydrogen (secondary N) is 1. The van der Waals surface area contributed by atoms with E-state index in [0.717, 1.165) is 6.07 Å². The summed E-state index contributed by atoms with van der Waals surface area (Å²) < 4.78 is 26.6. The first-order valence-corrected chi connectivity index (χ1v) is 6.22. The van der Waals surface area contributed by atoms with Gasteiger partial charge in [0, 0.05) is 17.8 Å². The molecule has 0 fully saturated rings. The van der Waals surface area contributed by atoms with E-state index in [1.165, 1.54) is 18.3 Å². The van der Waals surface area contributed by atoms with Crippen molar-refractivity contribution in [1.29, 1.82) is 0 Å². The van der Waals surface area contributed by atoms with Crippen LogP contribution in [0.25, 0.3) is 0 Å². The second-order valence-electron chi connectivity index (χ2n) is 3.57. The molecule has 0 bridgehead atoms. The number of pyridine rings is 1. The Hall–Kier alpha value is -1.53. The minimum Gasteiger partial charge on any atom is -0.319 e. The first-order chi connectivity index (χ1) is 8.97. The molecule has 1 aromatic carbocycles. The van der Waals surface area contributed by atoms with Crippen molar-refractivity contribution >= 4 is 39.1 Å². The Bertz CT molecular complexity index is 652. The number of hydrogen-bond acceptors (Lipinski definition) is 2. The fraction of sp³-hybridized carbons (Fsp3) is 0. The van der Waals surface area contributed by atoms with Crippen LogP contribution in [0.1, 0.15) is 10.4 Å². The number of hydrogen-bond donors (Lipinski definition) is 1. The van der Waals surface area contributed by atoms with Gasteiger partial charge in [0.25, 0.3) is 5.91 Å². The zero-order valence-corrected chi connectivity index (χ0v) is 11.6. The third kappa shape index (κ3) is 3.27. The Morgan fingerprint density at radius 2 is 2.00 bits per heavy atom. The second-order valence-corrected chi connectivity index (χ2v) is 4.81. The van der Waals surface area contributed by atoms with E-state index in [-0.39, 0.29) is 20.9 Å². The van der Waals surface area contributed by atoms with E-state index in [0.29, 0.717) is 6.07 Å². The maximum atomic E-state index is 13.5. The third-order valence-corrected chi connectivity index (χ3v) is 3.06. The number of amides is 1. The monoisotopic (exact) mass is 346 g/mol. The summed E-state index contributed by atoms with van der Waals surface area (Å²) in [6.45, 7) is 0. The Labute approximate surface area is 120 Å². The van der Waals surface area contributed by atoms with Gasteiger partial charge in [-0.25, -0.2) is 13.8 Å². The number of rotatable bonds is 2. The van der Waals surface area contributed by atoms with Crippen LogP contribution >= 0.6 is 27.5 Å². The van der Waals surface area contributed by atoms with Gasteiger partial charge in [-0.15, -0.1) is 0 Å². The van der Waals surface area contributed by atoms with E-state index in [1.807, 2.05) is 0 Å². The van der Waals surface area contributed by atoms with Crippen LogP contribution in [-0.4, -0.2) is 10.9 Å². The van der Waals surface area contributed by atoms with Gasteiger partial charge in [-0.3, -0.25) is 4.79 Å². The summed E-state index contributed by atoms with van der Waals surface area (Å²) in [4.78, 5) is 15.6.